The summed E-state index contributed by atoms with van der Waals surface area (Å²) in [5, 5.41) is 12.9. The van der Waals surface area contributed by atoms with E-state index in [4.69, 9.17) is 5.26 Å². The highest BCUT2D eigenvalue weighted by molar-refractivity contribution is 7.99. The zero-order chi connectivity index (χ0) is 21.1. The molecule has 1 aliphatic rings. The number of pyridine rings is 2. The Morgan fingerprint density at radius 1 is 1.37 bits per heavy atom. The van der Waals surface area contributed by atoms with E-state index in [1.807, 2.05) is 30.0 Å². The van der Waals surface area contributed by atoms with Gasteiger partial charge in [0.25, 0.3) is 5.91 Å². The molecule has 0 saturated heterocycles. The number of carbonyl (C=O) groups is 1. The van der Waals surface area contributed by atoms with E-state index in [1.54, 1.807) is 26.1 Å². The Morgan fingerprint density at radius 2 is 2.23 bits per heavy atom. The van der Waals surface area contributed by atoms with Crippen LogP contribution < -0.4 is 5.32 Å². The topological polar surface area (TPSA) is 94.5 Å². The van der Waals surface area contributed by atoms with E-state index in [0.29, 0.717) is 11.4 Å². The monoisotopic (exact) mass is 417 g/mol. The van der Waals surface area contributed by atoms with Crippen LogP contribution in [-0.4, -0.2) is 38.9 Å². The summed E-state index contributed by atoms with van der Waals surface area (Å²) in [6.45, 7) is 3.83. The number of amides is 1. The quantitative estimate of drug-likeness (QED) is 0.641. The molecule has 0 radical (unpaired) electrons. The predicted molar refractivity (Wildman–Crippen MR) is 121 cm³/mol. The van der Waals surface area contributed by atoms with Gasteiger partial charge in [-0.2, -0.15) is 17.0 Å². The number of hydrogen-bond donors (Lipinski definition) is 2. The molecule has 7 heteroatoms. The maximum atomic E-state index is 12.5. The van der Waals surface area contributed by atoms with Crippen LogP contribution in [0.4, 0.5) is 0 Å². The molecular formula is C23H23N5OS. The fourth-order valence-corrected chi connectivity index (χ4v) is 4.10. The number of nitrogens with zero attached hydrogens (tertiary/aromatic N) is 3. The van der Waals surface area contributed by atoms with Crippen LogP contribution in [0.25, 0.3) is 27.9 Å². The van der Waals surface area contributed by atoms with Crippen LogP contribution in [0.1, 0.15) is 36.5 Å². The summed E-state index contributed by atoms with van der Waals surface area (Å²) in [4.78, 5) is 25.0. The van der Waals surface area contributed by atoms with Crippen molar-refractivity contribution in [3.8, 4) is 17.3 Å². The lowest BCUT2D eigenvalue weighted by Crippen LogP contribution is -2.33. The number of carbonyl (C=O) groups excluding carboxylic acids is 1. The molecular weight excluding hydrogens is 394 g/mol. The van der Waals surface area contributed by atoms with Crippen molar-refractivity contribution >= 4 is 34.3 Å². The molecule has 3 aromatic heterocycles. The van der Waals surface area contributed by atoms with Crippen LogP contribution >= 0.6 is 11.8 Å². The number of nitrogens with one attached hydrogen (secondary N) is 2. The van der Waals surface area contributed by atoms with Crippen molar-refractivity contribution in [3.63, 3.8) is 0 Å². The molecule has 0 atom stereocenters. The minimum atomic E-state index is -0.624. The Kier molecular flexibility index (Phi) is 5.60. The normalized spacial score (nSPS) is 14.2. The Morgan fingerprint density at radius 3 is 3.00 bits per heavy atom. The minimum Gasteiger partial charge on any atom is -0.349 e. The summed E-state index contributed by atoms with van der Waals surface area (Å²) >= 11 is 1.95. The van der Waals surface area contributed by atoms with Gasteiger partial charge in [0.2, 0.25) is 0 Å². The maximum Gasteiger partial charge on any atom is 0.269 e. The van der Waals surface area contributed by atoms with Crippen molar-refractivity contribution in [1.29, 1.82) is 5.26 Å². The largest absolute Gasteiger partial charge is 0.349 e. The van der Waals surface area contributed by atoms with Gasteiger partial charge in [0.15, 0.2) is 0 Å². The molecule has 1 amide bonds. The first-order valence-electron chi connectivity index (χ1n) is 9.88. The highest BCUT2D eigenvalue weighted by Gasteiger charge is 2.19. The number of H-pyrrole nitrogens is 1. The fraction of sp³-hybridized carbons (Fsp3) is 0.304. The van der Waals surface area contributed by atoms with E-state index in [1.165, 1.54) is 5.57 Å². The second kappa shape index (κ2) is 8.33. The molecule has 0 bridgehead atoms. The molecule has 4 rings (SSSR count). The first kappa shape index (κ1) is 20.2. The zero-order valence-electron chi connectivity index (χ0n) is 17.0. The first-order valence-corrected chi connectivity index (χ1v) is 11.0. The number of rotatable bonds is 5. The standard InChI is InChI=1S/C23H23N5OS/c1-23(2,13-24)14-26-22(29)19-5-3-4-18(27-19)17-10-16-11-20(28-21(16)25-12-17)15-6-8-30-9-7-15/h3-6,10-12H,7-9,14H2,1-2H3,(H,25,28)(H,26,29). The highest BCUT2D eigenvalue weighted by atomic mass is 32.2. The first-order chi connectivity index (χ1) is 14.4. The number of thioether (sulfide) groups is 1. The number of hydrogen-bond acceptors (Lipinski definition) is 5. The molecule has 3 aromatic rings. The average molecular weight is 418 g/mol. The molecule has 4 heterocycles. The van der Waals surface area contributed by atoms with E-state index in [2.05, 4.69) is 38.5 Å². The van der Waals surface area contributed by atoms with Crippen molar-refractivity contribution in [2.75, 3.05) is 18.1 Å². The highest BCUT2D eigenvalue weighted by Crippen LogP contribution is 2.29. The Bertz CT molecular complexity index is 1170. The molecule has 6 nitrogen and oxygen atoms in total. The van der Waals surface area contributed by atoms with E-state index in [0.717, 1.165) is 40.2 Å². The van der Waals surface area contributed by atoms with Crippen molar-refractivity contribution in [2.45, 2.75) is 20.3 Å². The third kappa shape index (κ3) is 4.39. The lowest BCUT2D eigenvalue weighted by atomic mass is 9.96. The summed E-state index contributed by atoms with van der Waals surface area (Å²) in [7, 11) is 0. The van der Waals surface area contributed by atoms with E-state index < -0.39 is 5.41 Å². The van der Waals surface area contributed by atoms with Crippen LogP contribution in [-0.2, 0) is 0 Å². The van der Waals surface area contributed by atoms with Gasteiger partial charge in [-0.3, -0.25) is 4.79 Å². The molecule has 0 saturated carbocycles. The zero-order valence-corrected chi connectivity index (χ0v) is 17.8. The second-order valence-corrected chi connectivity index (χ2v) is 9.14. The molecule has 30 heavy (non-hydrogen) atoms. The predicted octanol–water partition coefficient (Wildman–Crippen LogP) is 4.42. The molecule has 152 valence electrons. The summed E-state index contributed by atoms with van der Waals surface area (Å²) < 4.78 is 0. The average Bonchev–Trinajstić information content (AvgIpc) is 3.22. The van der Waals surface area contributed by atoms with Crippen LogP contribution in [0.15, 0.2) is 42.6 Å². The molecule has 2 N–H and O–H groups in total. The van der Waals surface area contributed by atoms with Crippen molar-refractivity contribution in [2.24, 2.45) is 5.41 Å². The fourth-order valence-electron chi connectivity index (χ4n) is 3.25. The summed E-state index contributed by atoms with van der Waals surface area (Å²) in [5.74, 6) is 1.90. The van der Waals surface area contributed by atoms with Gasteiger partial charge in [0, 0.05) is 35.1 Å². The van der Waals surface area contributed by atoms with Gasteiger partial charge in [-0.1, -0.05) is 12.1 Å². The third-order valence-corrected chi connectivity index (χ3v) is 5.95. The van der Waals surface area contributed by atoms with Crippen LogP contribution in [0.2, 0.25) is 0 Å². The number of allylic oxidation sites excluding steroid dienone is 1. The Hall–Kier alpha value is -3.11. The SMILES string of the molecule is CC(C)(C#N)CNC(=O)c1cccc(-c2cnc3[nH]c(C4=CCSCC4)cc3c2)n1. The van der Waals surface area contributed by atoms with Gasteiger partial charge in [0.1, 0.15) is 11.3 Å². The number of fused-ring (bicyclic) bond motifs is 1. The second-order valence-electron chi connectivity index (χ2n) is 7.99. The lowest BCUT2D eigenvalue weighted by molar-refractivity contribution is 0.0939. The van der Waals surface area contributed by atoms with Crippen molar-refractivity contribution < 1.29 is 4.79 Å². The van der Waals surface area contributed by atoms with Gasteiger partial charge in [-0.15, -0.1) is 0 Å². The van der Waals surface area contributed by atoms with E-state index in [-0.39, 0.29) is 12.5 Å². The maximum absolute atomic E-state index is 12.5. The van der Waals surface area contributed by atoms with E-state index >= 15 is 0 Å². The smallest absolute Gasteiger partial charge is 0.269 e. The van der Waals surface area contributed by atoms with Gasteiger partial charge in [-0.25, -0.2) is 9.97 Å². The van der Waals surface area contributed by atoms with Crippen molar-refractivity contribution in [1.82, 2.24) is 20.3 Å². The molecule has 0 spiro atoms. The number of aromatic nitrogens is 3. The van der Waals surface area contributed by atoms with E-state index in [9.17, 15) is 4.79 Å². The molecule has 1 aliphatic heterocycles. The lowest BCUT2D eigenvalue weighted by Gasteiger charge is -2.15. The Labute approximate surface area is 179 Å². The van der Waals surface area contributed by atoms with Gasteiger partial charge in [0.05, 0.1) is 17.2 Å². The minimum absolute atomic E-state index is 0.266. The van der Waals surface area contributed by atoms with Crippen LogP contribution in [0.3, 0.4) is 0 Å². The molecule has 0 fully saturated rings. The number of aromatic amines is 1. The van der Waals surface area contributed by atoms with Crippen LogP contribution in [0, 0.1) is 16.7 Å². The summed E-state index contributed by atoms with van der Waals surface area (Å²) in [6.07, 6.45) is 5.11. The van der Waals surface area contributed by atoms with Crippen molar-refractivity contribution in [3.05, 3.63) is 54.0 Å². The van der Waals surface area contributed by atoms with Crippen LogP contribution in [0.5, 0.6) is 0 Å². The third-order valence-electron chi connectivity index (χ3n) is 5.05. The number of nitriles is 1. The Balaban J connectivity index is 1.58. The van der Waals surface area contributed by atoms with Gasteiger partial charge in [-0.05, 0) is 55.9 Å². The van der Waals surface area contributed by atoms with Gasteiger partial charge < -0.3 is 10.3 Å². The molecule has 0 unspecified atom stereocenters. The summed E-state index contributed by atoms with van der Waals surface area (Å²) in [5.41, 5.74) is 4.55. The molecule has 0 aliphatic carbocycles. The van der Waals surface area contributed by atoms with Gasteiger partial charge >= 0.3 is 0 Å². The summed E-state index contributed by atoms with van der Waals surface area (Å²) in [6, 6.07) is 11.7. The molecule has 0 aromatic carbocycles.